The van der Waals surface area contributed by atoms with Crippen LogP contribution < -0.4 is 5.32 Å². The third-order valence-corrected chi connectivity index (χ3v) is 5.71. The van der Waals surface area contributed by atoms with Gasteiger partial charge in [-0.2, -0.15) is 0 Å². The Labute approximate surface area is 138 Å². The fourth-order valence-electron chi connectivity index (χ4n) is 2.78. The molecule has 0 aromatic heterocycles. The number of halogens is 2. The van der Waals surface area contributed by atoms with E-state index in [-0.39, 0.29) is 11.4 Å². The largest absolute Gasteiger partial charge is 0.350 e. The summed E-state index contributed by atoms with van der Waals surface area (Å²) in [6, 6.07) is 7.94. The average Bonchev–Trinajstić information content (AvgIpc) is 2.41. The quantitative estimate of drug-likeness (QED) is 0.740. The first-order chi connectivity index (χ1) is 9.53. The molecule has 110 valence electrons. The first-order valence-electron chi connectivity index (χ1n) is 7.14. The molecule has 0 heterocycles. The molecule has 1 aliphatic carbocycles. The third kappa shape index (κ3) is 4.32. The van der Waals surface area contributed by atoms with Crippen molar-refractivity contribution in [1.82, 2.24) is 5.32 Å². The number of carbonyl (C=O) groups excluding carboxylic acids is 1. The van der Waals surface area contributed by atoms with Gasteiger partial charge in [0, 0.05) is 15.3 Å². The first kappa shape index (κ1) is 16.0. The van der Waals surface area contributed by atoms with Gasteiger partial charge in [0.15, 0.2) is 0 Å². The zero-order chi connectivity index (χ0) is 14.6. The molecular weight excluding hydrogens is 382 g/mol. The molecule has 0 bridgehead atoms. The van der Waals surface area contributed by atoms with Crippen LogP contribution in [0, 0.1) is 5.92 Å². The van der Waals surface area contributed by atoms with Gasteiger partial charge in [-0.1, -0.05) is 50.9 Å². The van der Waals surface area contributed by atoms with Crippen LogP contribution in [0.2, 0.25) is 0 Å². The number of benzene rings is 1. The van der Waals surface area contributed by atoms with Crippen LogP contribution in [0.5, 0.6) is 0 Å². The third-order valence-electron chi connectivity index (χ3n) is 4.15. The van der Waals surface area contributed by atoms with Crippen LogP contribution >= 0.6 is 31.9 Å². The molecule has 0 radical (unpaired) electrons. The second-order valence-corrected chi connectivity index (χ2v) is 7.43. The number of hydrogen-bond donors (Lipinski definition) is 1. The van der Waals surface area contributed by atoms with Crippen molar-refractivity contribution in [2.24, 2.45) is 5.92 Å². The molecule has 1 saturated carbocycles. The lowest BCUT2D eigenvalue weighted by atomic mass is 9.78. The van der Waals surface area contributed by atoms with E-state index >= 15 is 0 Å². The molecule has 4 heteroatoms. The van der Waals surface area contributed by atoms with E-state index in [0.29, 0.717) is 6.42 Å². The maximum absolute atomic E-state index is 12.3. The molecule has 0 spiro atoms. The lowest BCUT2D eigenvalue weighted by Crippen LogP contribution is -2.52. The Hall–Kier alpha value is -0.350. The molecule has 1 amide bonds. The van der Waals surface area contributed by atoms with Crippen LogP contribution in [-0.4, -0.2) is 16.8 Å². The van der Waals surface area contributed by atoms with E-state index in [1.807, 2.05) is 24.3 Å². The number of alkyl halides is 1. The Balaban J connectivity index is 1.96. The summed E-state index contributed by atoms with van der Waals surface area (Å²) in [6.45, 7) is 2.29. The zero-order valence-electron chi connectivity index (χ0n) is 11.8. The predicted molar refractivity (Wildman–Crippen MR) is 90.1 cm³/mol. The van der Waals surface area contributed by atoms with Gasteiger partial charge in [-0.3, -0.25) is 4.79 Å². The molecule has 0 saturated heterocycles. The van der Waals surface area contributed by atoms with Gasteiger partial charge in [-0.15, -0.1) is 0 Å². The number of hydrogen-bond acceptors (Lipinski definition) is 1. The molecule has 1 fully saturated rings. The summed E-state index contributed by atoms with van der Waals surface area (Å²) in [5.41, 5.74) is 1.00. The molecule has 20 heavy (non-hydrogen) atoms. The Bertz CT molecular complexity index is 467. The number of nitrogens with one attached hydrogen (secondary N) is 1. The summed E-state index contributed by atoms with van der Waals surface area (Å²) in [6.07, 6.45) is 4.99. The van der Waals surface area contributed by atoms with Crippen LogP contribution in [0.25, 0.3) is 0 Å². The molecule has 1 aromatic rings. The van der Waals surface area contributed by atoms with E-state index in [4.69, 9.17) is 0 Å². The molecule has 2 rings (SSSR count). The normalized spacial score (nSPS) is 26.2. The van der Waals surface area contributed by atoms with Crippen molar-refractivity contribution in [1.29, 1.82) is 0 Å². The molecule has 0 aliphatic heterocycles. The van der Waals surface area contributed by atoms with Crippen molar-refractivity contribution < 1.29 is 4.79 Å². The minimum absolute atomic E-state index is 0.0460. The van der Waals surface area contributed by atoms with Gasteiger partial charge in [-0.25, -0.2) is 0 Å². The maximum atomic E-state index is 12.3. The Morgan fingerprint density at radius 1 is 1.40 bits per heavy atom. The van der Waals surface area contributed by atoms with E-state index in [1.165, 1.54) is 12.8 Å². The summed E-state index contributed by atoms with van der Waals surface area (Å²) in [4.78, 5) is 12.3. The zero-order valence-corrected chi connectivity index (χ0v) is 15.0. The van der Waals surface area contributed by atoms with Gasteiger partial charge in [0.05, 0.1) is 6.42 Å². The molecular formula is C16H21Br2NO. The number of carbonyl (C=O) groups is 1. The van der Waals surface area contributed by atoms with Gasteiger partial charge < -0.3 is 5.32 Å². The lowest BCUT2D eigenvalue weighted by molar-refractivity contribution is -0.122. The maximum Gasteiger partial charge on any atom is 0.224 e. The minimum Gasteiger partial charge on any atom is -0.350 e. The second kappa shape index (κ2) is 7.08. The Kier molecular flexibility index (Phi) is 5.67. The fourth-order valence-corrected chi connectivity index (χ4v) is 3.93. The van der Waals surface area contributed by atoms with Crippen molar-refractivity contribution in [3.8, 4) is 0 Å². The minimum atomic E-state index is -0.0460. The van der Waals surface area contributed by atoms with Crippen LogP contribution in [0.3, 0.4) is 0 Å². The molecule has 1 aromatic carbocycles. The number of amides is 1. The fraction of sp³-hybridized carbons (Fsp3) is 0.562. The first-order valence-corrected chi connectivity index (χ1v) is 9.06. The second-order valence-electron chi connectivity index (χ2n) is 5.95. The highest BCUT2D eigenvalue weighted by atomic mass is 79.9. The molecule has 0 unspecified atom stereocenters. The van der Waals surface area contributed by atoms with Crippen molar-refractivity contribution in [3.05, 3.63) is 34.3 Å². The Morgan fingerprint density at radius 2 is 2.10 bits per heavy atom. The summed E-state index contributed by atoms with van der Waals surface area (Å²) >= 11 is 7.03. The van der Waals surface area contributed by atoms with Gasteiger partial charge >= 0.3 is 0 Å². The lowest BCUT2D eigenvalue weighted by Gasteiger charge is -2.39. The number of rotatable bonds is 4. The van der Waals surface area contributed by atoms with Gasteiger partial charge in [0.25, 0.3) is 0 Å². The van der Waals surface area contributed by atoms with E-state index in [9.17, 15) is 4.79 Å². The van der Waals surface area contributed by atoms with Gasteiger partial charge in [-0.05, 0) is 49.3 Å². The smallest absolute Gasteiger partial charge is 0.224 e. The predicted octanol–water partition coefficient (Wildman–Crippen LogP) is 4.45. The van der Waals surface area contributed by atoms with Crippen molar-refractivity contribution in [2.45, 2.75) is 44.6 Å². The monoisotopic (exact) mass is 401 g/mol. The van der Waals surface area contributed by atoms with Crippen LogP contribution in [0.15, 0.2) is 28.7 Å². The summed E-state index contributed by atoms with van der Waals surface area (Å²) in [5, 5.41) is 4.11. The molecule has 1 aliphatic rings. The highest BCUT2D eigenvalue weighted by Crippen LogP contribution is 2.33. The topological polar surface area (TPSA) is 29.1 Å². The van der Waals surface area contributed by atoms with Crippen molar-refractivity contribution in [2.75, 3.05) is 5.33 Å². The summed E-state index contributed by atoms with van der Waals surface area (Å²) < 4.78 is 1.02. The molecule has 1 N–H and O–H groups in total. The van der Waals surface area contributed by atoms with Crippen LogP contribution in [0.4, 0.5) is 0 Å². The van der Waals surface area contributed by atoms with E-state index in [0.717, 1.165) is 34.1 Å². The van der Waals surface area contributed by atoms with Gasteiger partial charge in [0.2, 0.25) is 5.91 Å². The summed E-state index contributed by atoms with van der Waals surface area (Å²) in [7, 11) is 0. The Morgan fingerprint density at radius 3 is 2.70 bits per heavy atom. The molecule has 2 nitrogen and oxygen atoms in total. The SMILES string of the molecule is CC1CCC(CBr)(NC(=O)Cc2cccc(Br)c2)CC1. The van der Waals surface area contributed by atoms with E-state index in [2.05, 4.69) is 44.1 Å². The van der Waals surface area contributed by atoms with E-state index < -0.39 is 0 Å². The highest BCUT2D eigenvalue weighted by molar-refractivity contribution is 9.10. The standard InChI is InChI=1S/C16H21Br2NO/c1-12-5-7-16(11-17,8-6-12)19-15(20)10-13-3-2-4-14(18)9-13/h2-4,9,12H,5-8,10-11H2,1H3,(H,19,20). The van der Waals surface area contributed by atoms with E-state index in [1.54, 1.807) is 0 Å². The van der Waals surface area contributed by atoms with Gasteiger partial charge in [0.1, 0.15) is 0 Å². The van der Waals surface area contributed by atoms with Crippen molar-refractivity contribution >= 4 is 37.8 Å². The van der Waals surface area contributed by atoms with Crippen LogP contribution in [-0.2, 0) is 11.2 Å². The summed E-state index contributed by atoms with van der Waals surface area (Å²) in [5.74, 6) is 0.904. The molecule has 0 atom stereocenters. The van der Waals surface area contributed by atoms with Crippen molar-refractivity contribution in [3.63, 3.8) is 0 Å². The van der Waals surface area contributed by atoms with Crippen LogP contribution in [0.1, 0.15) is 38.2 Å². The average molecular weight is 403 g/mol. The highest BCUT2D eigenvalue weighted by Gasteiger charge is 2.34.